The Morgan fingerprint density at radius 3 is 2.74 bits per heavy atom. The van der Waals surface area contributed by atoms with Crippen LogP contribution in [0.25, 0.3) is 0 Å². The molecular weight excluding hydrogens is 340 g/mol. The fraction of sp³-hybridized carbons (Fsp3) is 0.450. The quantitative estimate of drug-likeness (QED) is 0.866. The number of likely N-dealkylation sites (tertiary alicyclic amines) is 1. The van der Waals surface area contributed by atoms with Crippen molar-refractivity contribution in [2.45, 2.75) is 32.2 Å². The van der Waals surface area contributed by atoms with Gasteiger partial charge in [-0.05, 0) is 56.0 Å². The summed E-state index contributed by atoms with van der Waals surface area (Å²) in [6.45, 7) is 3.46. The molecule has 0 spiro atoms. The van der Waals surface area contributed by atoms with Gasteiger partial charge in [0.2, 0.25) is 0 Å². The molecule has 0 saturated carbocycles. The lowest BCUT2D eigenvalue weighted by Crippen LogP contribution is -2.36. The molecule has 0 radical (unpaired) electrons. The molecule has 0 aliphatic carbocycles. The Kier molecular flexibility index (Phi) is 6.11. The second kappa shape index (κ2) is 8.70. The van der Waals surface area contributed by atoms with Crippen LogP contribution < -0.4 is 15.5 Å². The number of carbonyl (C=O) groups is 1. The largest absolute Gasteiger partial charge is 0.381 e. The number of nitrogens with zero attached hydrogens (tertiary/aromatic N) is 4. The van der Waals surface area contributed by atoms with E-state index in [2.05, 4.69) is 26.7 Å². The van der Waals surface area contributed by atoms with Crippen LogP contribution in [-0.4, -0.2) is 54.1 Å². The molecule has 1 atom stereocenters. The molecule has 2 aromatic rings. The maximum atomic E-state index is 12.5. The molecule has 7 nitrogen and oxygen atoms in total. The van der Waals surface area contributed by atoms with E-state index in [1.165, 1.54) is 0 Å². The van der Waals surface area contributed by atoms with E-state index in [1.54, 1.807) is 6.20 Å². The summed E-state index contributed by atoms with van der Waals surface area (Å²) in [7, 11) is 3.96. The first-order valence-electron chi connectivity index (χ1n) is 9.40. The van der Waals surface area contributed by atoms with E-state index in [1.807, 2.05) is 55.2 Å². The van der Waals surface area contributed by atoms with Crippen LogP contribution in [0.3, 0.4) is 0 Å². The van der Waals surface area contributed by atoms with Crippen molar-refractivity contribution in [2.24, 2.45) is 0 Å². The third-order valence-electron chi connectivity index (χ3n) is 4.74. The average molecular weight is 368 g/mol. The molecule has 1 saturated heterocycles. The molecule has 1 aliphatic heterocycles. The number of hydrogen-bond acceptors (Lipinski definition) is 5. The van der Waals surface area contributed by atoms with E-state index in [-0.39, 0.29) is 6.03 Å². The molecule has 1 fully saturated rings. The van der Waals surface area contributed by atoms with Crippen LogP contribution in [0.4, 0.5) is 22.1 Å². The van der Waals surface area contributed by atoms with Gasteiger partial charge in [0.1, 0.15) is 11.6 Å². The summed E-state index contributed by atoms with van der Waals surface area (Å²) in [5, 5.41) is 6.45. The number of rotatable bonds is 4. The standard InChI is InChI=1S/C20H28N6O/c1-15-8-10-21-18(13-15)24-20(27)26-11-4-5-16(9-12-26)23-17-6-7-19(22-14-17)25(2)3/h6-8,10,13-14,16,23H,4-5,9,11-12H2,1-3H3,(H,21,24,27). The van der Waals surface area contributed by atoms with Crippen molar-refractivity contribution in [3.05, 3.63) is 42.2 Å². The predicted molar refractivity (Wildman–Crippen MR) is 109 cm³/mol. The molecule has 144 valence electrons. The van der Waals surface area contributed by atoms with Crippen molar-refractivity contribution in [1.29, 1.82) is 0 Å². The number of anilines is 3. The third-order valence-corrected chi connectivity index (χ3v) is 4.74. The molecule has 2 aromatic heterocycles. The van der Waals surface area contributed by atoms with Crippen LogP contribution >= 0.6 is 0 Å². The van der Waals surface area contributed by atoms with E-state index >= 15 is 0 Å². The van der Waals surface area contributed by atoms with Crippen LogP contribution in [0.1, 0.15) is 24.8 Å². The molecule has 7 heteroatoms. The zero-order valence-corrected chi connectivity index (χ0v) is 16.3. The lowest BCUT2D eigenvalue weighted by atomic mass is 10.1. The van der Waals surface area contributed by atoms with E-state index in [0.717, 1.165) is 49.4 Å². The number of urea groups is 1. The highest BCUT2D eigenvalue weighted by molar-refractivity contribution is 5.88. The summed E-state index contributed by atoms with van der Waals surface area (Å²) in [5.41, 5.74) is 2.10. The van der Waals surface area contributed by atoms with Gasteiger partial charge in [-0.15, -0.1) is 0 Å². The Morgan fingerprint density at radius 1 is 1.19 bits per heavy atom. The Hall–Kier alpha value is -2.83. The summed E-state index contributed by atoms with van der Waals surface area (Å²) < 4.78 is 0. The first-order valence-corrected chi connectivity index (χ1v) is 9.40. The normalized spacial score (nSPS) is 17.1. The van der Waals surface area contributed by atoms with Gasteiger partial charge < -0.3 is 15.1 Å². The topological polar surface area (TPSA) is 73.4 Å². The maximum absolute atomic E-state index is 12.5. The molecule has 1 aliphatic rings. The molecule has 2 amide bonds. The average Bonchev–Trinajstić information content (AvgIpc) is 2.88. The van der Waals surface area contributed by atoms with E-state index < -0.39 is 0 Å². The number of aromatic nitrogens is 2. The zero-order chi connectivity index (χ0) is 19.2. The van der Waals surface area contributed by atoms with Gasteiger partial charge in [-0.2, -0.15) is 0 Å². The van der Waals surface area contributed by atoms with Gasteiger partial charge >= 0.3 is 6.03 Å². The Balaban J connectivity index is 1.53. The second-order valence-electron chi connectivity index (χ2n) is 7.21. The van der Waals surface area contributed by atoms with Crippen LogP contribution in [0.2, 0.25) is 0 Å². The van der Waals surface area contributed by atoms with Gasteiger partial charge in [-0.1, -0.05) is 0 Å². The summed E-state index contributed by atoms with van der Waals surface area (Å²) in [4.78, 5) is 25.0. The van der Waals surface area contributed by atoms with Crippen LogP contribution in [0, 0.1) is 6.92 Å². The van der Waals surface area contributed by atoms with Gasteiger partial charge in [-0.3, -0.25) is 5.32 Å². The number of carbonyl (C=O) groups excluding carboxylic acids is 1. The van der Waals surface area contributed by atoms with E-state index in [0.29, 0.717) is 11.9 Å². The SMILES string of the molecule is Cc1ccnc(NC(=O)N2CCCC(Nc3ccc(N(C)C)nc3)CC2)c1. The molecule has 0 aromatic carbocycles. The van der Waals surface area contributed by atoms with Crippen LogP contribution in [0.15, 0.2) is 36.7 Å². The Morgan fingerprint density at radius 2 is 2.04 bits per heavy atom. The first-order chi connectivity index (χ1) is 13.0. The number of aryl methyl sites for hydroxylation is 1. The molecule has 3 rings (SSSR count). The van der Waals surface area contributed by atoms with Crippen LogP contribution in [0.5, 0.6) is 0 Å². The van der Waals surface area contributed by atoms with Gasteiger partial charge in [0.05, 0.1) is 11.9 Å². The van der Waals surface area contributed by atoms with Crippen LogP contribution in [-0.2, 0) is 0 Å². The molecule has 0 bridgehead atoms. The van der Waals surface area contributed by atoms with Crippen molar-refractivity contribution >= 4 is 23.4 Å². The van der Waals surface area contributed by atoms with E-state index in [4.69, 9.17) is 0 Å². The number of nitrogens with one attached hydrogen (secondary N) is 2. The maximum Gasteiger partial charge on any atom is 0.323 e. The minimum absolute atomic E-state index is 0.0780. The fourth-order valence-electron chi connectivity index (χ4n) is 3.21. The molecular formula is C20H28N6O. The molecule has 3 heterocycles. The second-order valence-corrected chi connectivity index (χ2v) is 7.21. The minimum atomic E-state index is -0.0780. The first kappa shape index (κ1) is 18.9. The Labute approximate surface area is 160 Å². The fourth-order valence-corrected chi connectivity index (χ4v) is 3.21. The van der Waals surface area contributed by atoms with Crippen molar-refractivity contribution in [1.82, 2.24) is 14.9 Å². The van der Waals surface area contributed by atoms with E-state index in [9.17, 15) is 4.79 Å². The highest BCUT2D eigenvalue weighted by Crippen LogP contribution is 2.19. The molecule has 1 unspecified atom stereocenters. The third kappa shape index (κ3) is 5.32. The lowest BCUT2D eigenvalue weighted by Gasteiger charge is -2.21. The lowest BCUT2D eigenvalue weighted by molar-refractivity contribution is 0.213. The predicted octanol–water partition coefficient (Wildman–Crippen LogP) is 3.35. The highest BCUT2D eigenvalue weighted by atomic mass is 16.2. The minimum Gasteiger partial charge on any atom is -0.381 e. The number of amides is 2. The summed E-state index contributed by atoms with van der Waals surface area (Å²) in [5.74, 6) is 1.54. The van der Waals surface area contributed by atoms with Gasteiger partial charge in [0.25, 0.3) is 0 Å². The van der Waals surface area contributed by atoms with Crippen molar-refractivity contribution in [3.63, 3.8) is 0 Å². The van der Waals surface area contributed by atoms with Crippen molar-refractivity contribution in [3.8, 4) is 0 Å². The summed E-state index contributed by atoms with van der Waals surface area (Å²) in [6.07, 6.45) is 6.48. The van der Waals surface area contributed by atoms with Crippen molar-refractivity contribution in [2.75, 3.05) is 42.7 Å². The zero-order valence-electron chi connectivity index (χ0n) is 16.3. The summed E-state index contributed by atoms with van der Waals surface area (Å²) in [6, 6.07) is 8.12. The van der Waals surface area contributed by atoms with Gasteiger partial charge in [0, 0.05) is 39.4 Å². The Bertz CT molecular complexity index is 761. The number of hydrogen-bond donors (Lipinski definition) is 2. The monoisotopic (exact) mass is 368 g/mol. The highest BCUT2D eigenvalue weighted by Gasteiger charge is 2.21. The summed E-state index contributed by atoms with van der Waals surface area (Å²) >= 11 is 0. The smallest absolute Gasteiger partial charge is 0.323 e. The molecule has 2 N–H and O–H groups in total. The molecule has 27 heavy (non-hydrogen) atoms. The van der Waals surface area contributed by atoms with Gasteiger partial charge in [0.15, 0.2) is 0 Å². The number of pyridine rings is 2. The van der Waals surface area contributed by atoms with Crippen molar-refractivity contribution < 1.29 is 4.79 Å². The van der Waals surface area contributed by atoms with Gasteiger partial charge in [-0.25, -0.2) is 14.8 Å².